The van der Waals surface area contributed by atoms with Gasteiger partial charge in [0.25, 0.3) is 0 Å². The van der Waals surface area contributed by atoms with Crippen molar-refractivity contribution in [2.24, 2.45) is 0 Å². The SMILES string of the molecule is CCCN(C)C.O. The number of hydrogen-bond acceptors (Lipinski definition) is 1. The summed E-state index contributed by atoms with van der Waals surface area (Å²) in [5.74, 6) is 0. The third-order valence-corrected chi connectivity index (χ3v) is 0.671. The van der Waals surface area contributed by atoms with Crippen molar-refractivity contribution >= 4 is 0 Å². The van der Waals surface area contributed by atoms with Crippen LogP contribution in [0.25, 0.3) is 0 Å². The highest BCUT2D eigenvalue weighted by molar-refractivity contribution is 4.34. The first-order chi connectivity index (χ1) is 2.77. The third kappa shape index (κ3) is 10.7. The highest BCUT2D eigenvalue weighted by atomic mass is 16.0. The lowest BCUT2D eigenvalue weighted by atomic mass is 10.5. The zero-order valence-electron chi connectivity index (χ0n) is 5.36. The van der Waals surface area contributed by atoms with E-state index in [2.05, 4.69) is 25.9 Å². The summed E-state index contributed by atoms with van der Waals surface area (Å²) >= 11 is 0. The van der Waals surface area contributed by atoms with Crippen molar-refractivity contribution in [3.8, 4) is 0 Å². The Balaban J connectivity index is 0. The van der Waals surface area contributed by atoms with Gasteiger partial charge in [0.15, 0.2) is 0 Å². The Bertz CT molecular complexity index is 29.3. The van der Waals surface area contributed by atoms with Gasteiger partial charge in [0.05, 0.1) is 0 Å². The molecule has 0 rings (SSSR count). The van der Waals surface area contributed by atoms with Crippen molar-refractivity contribution in [1.82, 2.24) is 4.90 Å². The van der Waals surface area contributed by atoms with Crippen LogP contribution in [0.15, 0.2) is 0 Å². The lowest BCUT2D eigenvalue weighted by Crippen LogP contribution is -2.11. The monoisotopic (exact) mass is 105 g/mol. The summed E-state index contributed by atoms with van der Waals surface area (Å²) in [7, 11) is 4.17. The normalized spacial score (nSPS) is 8.57. The maximum absolute atomic E-state index is 2.18. The van der Waals surface area contributed by atoms with Crippen molar-refractivity contribution < 1.29 is 5.48 Å². The number of nitrogens with zero attached hydrogens (tertiary/aromatic N) is 1. The van der Waals surface area contributed by atoms with E-state index in [1.165, 1.54) is 13.0 Å². The zero-order valence-corrected chi connectivity index (χ0v) is 5.36. The number of rotatable bonds is 2. The van der Waals surface area contributed by atoms with Gasteiger partial charge in [0.2, 0.25) is 0 Å². The van der Waals surface area contributed by atoms with Crippen molar-refractivity contribution in [1.29, 1.82) is 0 Å². The van der Waals surface area contributed by atoms with Gasteiger partial charge < -0.3 is 10.4 Å². The number of hydrogen-bond donors (Lipinski definition) is 0. The minimum absolute atomic E-state index is 0. The van der Waals surface area contributed by atoms with E-state index in [0.29, 0.717) is 0 Å². The van der Waals surface area contributed by atoms with Crippen LogP contribution in [0.1, 0.15) is 13.3 Å². The fourth-order valence-electron chi connectivity index (χ4n) is 0.447. The zero-order chi connectivity index (χ0) is 4.99. The van der Waals surface area contributed by atoms with Crippen LogP contribution in [0, 0.1) is 0 Å². The molecule has 2 heteroatoms. The van der Waals surface area contributed by atoms with Crippen molar-refractivity contribution in [2.45, 2.75) is 13.3 Å². The average Bonchev–Trinajstić information content (AvgIpc) is 1.35. The van der Waals surface area contributed by atoms with Crippen LogP contribution in [0.2, 0.25) is 0 Å². The van der Waals surface area contributed by atoms with Crippen molar-refractivity contribution in [3.05, 3.63) is 0 Å². The van der Waals surface area contributed by atoms with E-state index in [1.807, 2.05) is 0 Å². The molecule has 2 nitrogen and oxygen atoms in total. The van der Waals surface area contributed by atoms with Crippen LogP contribution in [0.3, 0.4) is 0 Å². The van der Waals surface area contributed by atoms with E-state index in [9.17, 15) is 0 Å². The Morgan fingerprint density at radius 2 is 1.71 bits per heavy atom. The molecule has 0 aliphatic carbocycles. The second-order valence-corrected chi connectivity index (χ2v) is 1.80. The van der Waals surface area contributed by atoms with Gasteiger partial charge in [-0.1, -0.05) is 6.92 Å². The van der Waals surface area contributed by atoms with Crippen LogP contribution in [0.5, 0.6) is 0 Å². The molecule has 0 aromatic rings. The molecule has 0 aromatic heterocycles. The van der Waals surface area contributed by atoms with E-state index >= 15 is 0 Å². The molecule has 0 saturated heterocycles. The van der Waals surface area contributed by atoms with E-state index in [-0.39, 0.29) is 5.48 Å². The topological polar surface area (TPSA) is 34.7 Å². The molecule has 0 amide bonds. The average molecular weight is 105 g/mol. The molecule has 46 valence electrons. The van der Waals surface area contributed by atoms with E-state index in [4.69, 9.17) is 0 Å². The highest BCUT2D eigenvalue weighted by Crippen LogP contribution is 1.76. The van der Waals surface area contributed by atoms with Crippen LogP contribution < -0.4 is 0 Å². The van der Waals surface area contributed by atoms with Gasteiger partial charge in [-0.25, -0.2) is 0 Å². The molecule has 0 saturated carbocycles. The molecule has 0 fully saturated rings. The van der Waals surface area contributed by atoms with Crippen molar-refractivity contribution in [2.75, 3.05) is 20.6 Å². The van der Waals surface area contributed by atoms with E-state index in [1.54, 1.807) is 0 Å². The Labute approximate surface area is 45.4 Å². The summed E-state index contributed by atoms with van der Waals surface area (Å²) < 4.78 is 0. The molecule has 7 heavy (non-hydrogen) atoms. The van der Waals surface area contributed by atoms with Gasteiger partial charge in [-0.05, 0) is 27.1 Å². The quantitative estimate of drug-likeness (QED) is 0.491. The lowest BCUT2D eigenvalue weighted by Gasteiger charge is -2.03. The molecule has 0 atom stereocenters. The Morgan fingerprint density at radius 3 is 1.71 bits per heavy atom. The molecule has 0 radical (unpaired) electrons. The Kier molecular flexibility index (Phi) is 8.47. The maximum Gasteiger partial charge on any atom is -0.00275 e. The summed E-state index contributed by atoms with van der Waals surface area (Å²) in [4.78, 5) is 2.18. The van der Waals surface area contributed by atoms with Crippen LogP contribution in [-0.2, 0) is 0 Å². The fourth-order valence-corrected chi connectivity index (χ4v) is 0.447. The van der Waals surface area contributed by atoms with Crippen molar-refractivity contribution in [3.63, 3.8) is 0 Å². The molecule has 2 N–H and O–H groups in total. The molecule has 0 spiro atoms. The molecular formula is C5H15NO. The minimum atomic E-state index is 0. The summed E-state index contributed by atoms with van der Waals surface area (Å²) in [6, 6.07) is 0. The molecule has 0 aliphatic rings. The third-order valence-electron chi connectivity index (χ3n) is 0.671. The standard InChI is InChI=1S/C5H13N.H2O/c1-4-5-6(2)3;/h4-5H2,1-3H3;1H2. The molecule has 0 aromatic carbocycles. The smallest absolute Gasteiger partial charge is 0.00275 e. The molecule has 0 unspecified atom stereocenters. The summed E-state index contributed by atoms with van der Waals surface area (Å²) in [5.41, 5.74) is 0. The highest BCUT2D eigenvalue weighted by Gasteiger charge is 1.79. The first kappa shape index (κ1) is 10.0. The van der Waals surface area contributed by atoms with Crippen LogP contribution >= 0.6 is 0 Å². The maximum atomic E-state index is 2.18. The first-order valence-corrected chi connectivity index (χ1v) is 2.42. The van der Waals surface area contributed by atoms with Gasteiger partial charge in [0.1, 0.15) is 0 Å². The molecule has 0 bridgehead atoms. The second-order valence-electron chi connectivity index (χ2n) is 1.80. The molecule has 0 heterocycles. The van der Waals surface area contributed by atoms with E-state index < -0.39 is 0 Å². The predicted octanol–water partition coefficient (Wildman–Crippen LogP) is 0.133. The lowest BCUT2D eigenvalue weighted by molar-refractivity contribution is 0.408. The molecular weight excluding hydrogens is 90.1 g/mol. The van der Waals surface area contributed by atoms with Gasteiger partial charge in [-0.15, -0.1) is 0 Å². The van der Waals surface area contributed by atoms with Crippen LogP contribution in [-0.4, -0.2) is 31.0 Å². The summed E-state index contributed by atoms with van der Waals surface area (Å²) in [6.07, 6.45) is 1.26. The Hall–Kier alpha value is -0.0800. The summed E-state index contributed by atoms with van der Waals surface area (Å²) in [5, 5.41) is 0. The summed E-state index contributed by atoms with van der Waals surface area (Å²) in [6.45, 7) is 3.39. The van der Waals surface area contributed by atoms with Crippen LogP contribution in [0.4, 0.5) is 0 Å². The largest absolute Gasteiger partial charge is 0.412 e. The Morgan fingerprint density at radius 1 is 1.29 bits per heavy atom. The predicted molar refractivity (Wildman–Crippen MR) is 32.5 cm³/mol. The van der Waals surface area contributed by atoms with Gasteiger partial charge in [-0.3, -0.25) is 0 Å². The van der Waals surface area contributed by atoms with Gasteiger partial charge in [0, 0.05) is 0 Å². The first-order valence-electron chi connectivity index (χ1n) is 2.42. The van der Waals surface area contributed by atoms with E-state index in [0.717, 1.165) is 0 Å². The minimum Gasteiger partial charge on any atom is -0.412 e. The second kappa shape index (κ2) is 5.92. The van der Waals surface area contributed by atoms with Gasteiger partial charge >= 0.3 is 0 Å². The fraction of sp³-hybridized carbons (Fsp3) is 1.00. The molecule has 0 aliphatic heterocycles. The van der Waals surface area contributed by atoms with Gasteiger partial charge in [-0.2, -0.15) is 0 Å².